The Labute approximate surface area is 149 Å². The number of hydrogen-bond donors (Lipinski definition) is 2. The fourth-order valence-electron chi connectivity index (χ4n) is 4.23. The fourth-order valence-corrected chi connectivity index (χ4v) is 4.23. The first-order valence-corrected chi connectivity index (χ1v) is 8.87. The van der Waals surface area contributed by atoms with Gasteiger partial charge in [0.2, 0.25) is 0 Å². The van der Waals surface area contributed by atoms with Crippen molar-refractivity contribution in [2.24, 2.45) is 11.8 Å². The largest absolute Gasteiger partial charge is 0.385 e. The fraction of sp³-hybridized carbons (Fsp3) is 0.556. The van der Waals surface area contributed by atoms with Crippen LogP contribution in [0.1, 0.15) is 35.8 Å². The molecule has 0 bridgehead atoms. The van der Waals surface area contributed by atoms with Crippen LogP contribution in [-0.4, -0.2) is 34.3 Å². The number of carbonyl (C=O) groups is 1. The molecular formula is C18H21F3N4O. The summed E-state index contributed by atoms with van der Waals surface area (Å²) in [5.74, 6) is -4.12. The Morgan fingerprint density at radius 1 is 1.46 bits per heavy atom. The molecule has 0 fully saturated rings. The van der Waals surface area contributed by atoms with Crippen LogP contribution in [0.4, 0.5) is 19.0 Å². The Balaban J connectivity index is 1.72. The van der Waals surface area contributed by atoms with Crippen molar-refractivity contribution < 1.29 is 18.0 Å². The summed E-state index contributed by atoms with van der Waals surface area (Å²) in [5, 5.41) is 7.28. The van der Waals surface area contributed by atoms with Gasteiger partial charge in [-0.05, 0) is 30.6 Å². The highest BCUT2D eigenvalue weighted by Gasteiger charge is 2.41. The number of nitrogens with two attached hydrogens (primary N) is 1. The van der Waals surface area contributed by atoms with Gasteiger partial charge in [-0.15, -0.1) is 5.10 Å². The number of hydrogen-bond acceptors (Lipinski definition) is 4. The molecule has 2 heterocycles. The van der Waals surface area contributed by atoms with E-state index in [4.69, 9.17) is 5.73 Å². The molecule has 0 aromatic carbocycles. The maximum Gasteiger partial charge on any atom is 0.254 e. The molecular weight excluding hydrogens is 345 g/mol. The van der Waals surface area contributed by atoms with Crippen LogP contribution in [0.2, 0.25) is 0 Å². The summed E-state index contributed by atoms with van der Waals surface area (Å²) in [5.41, 5.74) is 8.04. The summed E-state index contributed by atoms with van der Waals surface area (Å²) in [6, 6.07) is 0. The van der Waals surface area contributed by atoms with Gasteiger partial charge in [0.1, 0.15) is 12.0 Å². The summed E-state index contributed by atoms with van der Waals surface area (Å²) in [6.07, 6.45) is 1.74. The van der Waals surface area contributed by atoms with Gasteiger partial charge in [-0.3, -0.25) is 4.79 Å². The first kappa shape index (κ1) is 17.2. The molecule has 0 spiro atoms. The minimum atomic E-state index is -2.83. The van der Waals surface area contributed by atoms with Crippen molar-refractivity contribution in [3.63, 3.8) is 0 Å². The highest BCUT2D eigenvalue weighted by atomic mass is 19.3. The molecule has 3 unspecified atom stereocenters. The lowest BCUT2D eigenvalue weighted by Crippen LogP contribution is -2.40. The topological polar surface area (TPSA) is 72.9 Å². The number of aromatic nitrogens is 2. The number of rotatable bonds is 1. The van der Waals surface area contributed by atoms with E-state index in [1.165, 1.54) is 10.8 Å². The summed E-state index contributed by atoms with van der Waals surface area (Å²) < 4.78 is 42.8. The van der Waals surface area contributed by atoms with Gasteiger partial charge in [0.25, 0.3) is 11.8 Å². The van der Waals surface area contributed by atoms with Crippen LogP contribution in [0.5, 0.6) is 0 Å². The molecule has 26 heavy (non-hydrogen) atoms. The molecule has 0 saturated carbocycles. The van der Waals surface area contributed by atoms with Crippen LogP contribution in [0.15, 0.2) is 23.4 Å². The Morgan fingerprint density at radius 2 is 2.23 bits per heavy atom. The van der Waals surface area contributed by atoms with Crippen LogP contribution >= 0.6 is 0 Å². The summed E-state index contributed by atoms with van der Waals surface area (Å²) in [6.45, 7) is 2.34. The zero-order valence-electron chi connectivity index (χ0n) is 14.4. The molecule has 1 aliphatic heterocycles. The zero-order valence-corrected chi connectivity index (χ0v) is 14.4. The molecule has 0 saturated heterocycles. The Kier molecular flexibility index (Phi) is 3.89. The predicted molar refractivity (Wildman–Crippen MR) is 90.6 cm³/mol. The average Bonchev–Trinajstić information content (AvgIpc) is 2.92. The van der Waals surface area contributed by atoms with E-state index in [1.54, 1.807) is 13.0 Å². The maximum atomic E-state index is 14.2. The van der Waals surface area contributed by atoms with Crippen molar-refractivity contribution in [2.45, 2.75) is 44.7 Å². The molecule has 0 radical (unpaired) electrons. The standard InChI is InChI=1S/C18H21F3N4O/c1-9-12(19)2-3-13-15(9)10(5-7-23-13)17(26)25-14-4-6-18(20,21)8-11(14)16(22)24-25/h2-3,9-10,12,23H,4-8H2,1H3,(H2,22,24). The van der Waals surface area contributed by atoms with E-state index < -0.39 is 30.4 Å². The molecule has 1 aromatic heterocycles. The lowest BCUT2D eigenvalue weighted by atomic mass is 9.78. The number of alkyl halides is 3. The van der Waals surface area contributed by atoms with Crippen molar-refractivity contribution in [3.05, 3.63) is 34.7 Å². The second-order valence-corrected chi connectivity index (χ2v) is 7.32. The molecule has 3 N–H and O–H groups in total. The first-order valence-electron chi connectivity index (χ1n) is 8.87. The van der Waals surface area contributed by atoms with E-state index in [2.05, 4.69) is 10.4 Å². The molecule has 4 rings (SSSR count). The van der Waals surface area contributed by atoms with Gasteiger partial charge < -0.3 is 11.1 Å². The summed E-state index contributed by atoms with van der Waals surface area (Å²) in [7, 11) is 0. The number of fused-ring (bicyclic) bond motifs is 1. The van der Waals surface area contributed by atoms with Gasteiger partial charge in [-0.25, -0.2) is 17.9 Å². The number of anilines is 1. The van der Waals surface area contributed by atoms with E-state index in [0.29, 0.717) is 18.7 Å². The van der Waals surface area contributed by atoms with Gasteiger partial charge in [-0.1, -0.05) is 6.92 Å². The number of halogens is 3. The highest BCUT2D eigenvalue weighted by Crippen LogP contribution is 2.39. The molecule has 1 aromatic rings. The number of allylic oxidation sites excluding steroid dienone is 3. The van der Waals surface area contributed by atoms with Crippen molar-refractivity contribution in [1.82, 2.24) is 15.1 Å². The van der Waals surface area contributed by atoms with E-state index >= 15 is 0 Å². The first-order chi connectivity index (χ1) is 12.3. The SMILES string of the molecule is CC1C2=C(C=CC1F)NCCC2C(=O)n1nc(N)c2c1CCC(F)(F)C2. The zero-order chi connectivity index (χ0) is 18.6. The van der Waals surface area contributed by atoms with Crippen molar-refractivity contribution in [2.75, 3.05) is 12.3 Å². The van der Waals surface area contributed by atoms with Crippen molar-refractivity contribution >= 4 is 11.7 Å². The molecule has 2 aliphatic carbocycles. The minimum absolute atomic E-state index is 0.0178. The smallest absolute Gasteiger partial charge is 0.254 e. The molecule has 0 amide bonds. The Hall–Kier alpha value is -2.25. The average molecular weight is 366 g/mol. The monoisotopic (exact) mass is 366 g/mol. The summed E-state index contributed by atoms with van der Waals surface area (Å²) in [4.78, 5) is 13.2. The van der Waals surface area contributed by atoms with Crippen LogP contribution < -0.4 is 11.1 Å². The second-order valence-electron chi connectivity index (χ2n) is 7.32. The number of carbonyl (C=O) groups excluding carboxylic acids is 1. The van der Waals surface area contributed by atoms with Gasteiger partial charge in [0, 0.05) is 36.6 Å². The predicted octanol–water partition coefficient (Wildman–Crippen LogP) is 2.64. The number of nitrogens with one attached hydrogen (secondary N) is 1. The Bertz CT molecular complexity index is 827. The van der Waals surface area contributed by atoms with E-state index in [1.807, 2.05) is 0 Å². The number of nitrogens with zero attached hydrogens (tertiary/aromatic N) is 2. The quantitative estimate of drug-likeness (QED) is 0.801. The van der Waals surface area contributed by atoms with E-state index in [-0.39, 0.29) is 30.1 Å². The minimum Gasteiger partial charge on any atom is -0.385 e. The molecule has 140 valence electrons. The van der Waals surface area contributed by atoms with E-state index in [9.17, 15) is 18.0 Å². The Morgan fingerprint density at radius 3 is 3.00 bits per heavy atom. The highest BCUT2D eigenvalue weighted by molar-refractivity contribution is 5.85. The third-order valence-corrected chi connectivity index (χ3v) is 5.64. The van der Waals surface area contributed by atoms with Crippen LogP contribution in [0, 0.1) is 11.8 Å². The van der Waals surface area contributed by atoms with Gasteiger partial charge in [-0.2, -0.15) is 0 Å². The molecule has 5 nitrogen and oxygen atoms in total. The van der Waals surface area contributed by atoms with Crippen LogP contribution in [0.25, 0.3) is 0 Å². The van der Waals surface area contributed by atoms with Gasteiger partial charge in [0.15, 0.2) is 0 Å². The second kappa shape index (κ2) is 5.89. The molecule has 8 heteroatoms. The van der Waals surface area contributed by atoms with E-state index in [0.717, 1.165) is 11.3 Å². The molecule has 3 atom stereocenters. The molecule has 3 aliphatic rings. The number of nitrogen functional groups attached to an aromatic ring is 1. The summed E-state index contributed by atoms with van der Waals surface area (Å²) >= 11 is 0. The maximum absolute atomic E-state index is 14.2. The lowest BCUT2D eigenvalue weighted by Gasteiger charge is -2.34. The van der Waals surface area contributed by atoms with Crippen molar-refractivity contribution in [1.29, 1.82) is 0 Å². The van der Waals surface area contributed by atoms with Crippen LogP contribution in [0.3, 0.4) is 0 Å². The normalized spacial score (nSPS) is 29.8. The lowest BCUT2D eigenvalue weighted by molar-refractivity contribution is -0.0127. The third kappa shape index (κ3) is 2.62. The van der Waals surface area contributed by atoms with Crippen molar-refractivity contribution in [3.8, 4) is 0 Å². The third-order valence-electron chi connectivity index (χ3n) is 5.64. The van der Waals surface area contributed by atoms with Gasteiger partial charge >= 0.3 is 0 Å². The van der Waals surface area contributed by atoms with Gasteiger partial charge in [0.05, 0.1) is 11.6 Å². The van der Waals surface area contributed by atoms with Crippen LogP contribution in [-0.2, 0) is 12.8 Å².